The molecule has 0 bridgehead atoms. The van der Waals surface area contributed by atoms with E-state index in [4.69, 9.17) is 5.73 Å². The Morgan fingerprint density at radius 2 is 2.26 bits per heavy atom. The molecular weight excluding hydrogens is 243 g/mol. The summed E-state index contributed by atoms with van der Waals surface area (Å²) >= 11 is 0. The Morgan fingerprint density at radius 3 is 2.89 bits per heavy atom. The summed E-state index contributed by atoms with van der Waals surface area (Å²) in [4.78, 5) is 11.1. The topological polar surface area (TPSA) is 55.1 Å². The predicted octanol–water partition coefficient (Wildman–Crippen LogP) is 2.45. The number of primary amides is 1. The first kappa shape index (κ1) is 14.0. The highest BCUT2D eigenvalue weighted by molar-refractivity contribution is 5.92. The number of halogens is 1. The zero-order valence-corrected chi connectivity index (χ0v) is 11.3. The quantitative estimate of drug-likeness (QED) is 0.858. The van der Waals surface area contributed by atoms with Crippen molar-refractivity contribution in [3.63, 3.8) is 0 Å². The van der Waals surface area contributed by atoms with Gasteiger partial charge in [-0.05, 0) is 43.0 Å². The van der Waals surface area contributed by atoms with Gasteiger partial charge >= 0.3 is 0 Å². The van der Waals surface area contributed by atoms with Gasteiger partial charge < -0.3 is 11.1 Å². The molecule has 19 heavy (non-hydrogen) atoms. The van der Waals surface area contributed by atoms with Gasteiger partial charge in [-0.1, -0.05) is 19.8 Å². The van der Waals surface area contributed by atoms with Crippen LogP contribution < -0.4 is 11.1 Å². The zero-order chi connectivity index (χ0) is 13.8. The molecule has 3 nitrogen and oxygen atoms in total. The molecule has 1 aliphatic rings. The average Bonchev–Trinajstić information content (AvgIpc) is 2.77. The monoisotopic (exact) mass is 264 g/mol. The van der Waals surface area contributed by atoms with Crippen LogP contribution in [0.4, 0.5) is 4.39 Å². The van der Waals surface area contributed by atoms with Gasteiger partial charge in [-0.3, -0.25) is 4.79 Å². The van der Waals surface area contributed by atoms with Gasteiger partial charge in [-0.2, -0.15) is 0 Å². The Bertz CT molecular complexity index is 461. The Hall–Kier alpha value is -1.42. The molecule has 0 heterocycles. The molecule has 4 heteroatoms. The molecule has 1 aromatic rings. The third-order valence-electron chi connectivity index (χ3n) is 4.09. The number of rotatable bonds is 5. The van der Waals surface area contributed by atoms with Crippen LogP contribution in [0.5, 0.6) is 0 Å². The van der Waals surface area contributed by atoms with Gasteiger partial charge in [0, 0.05) is 17.7 Å². The maximum Gasteiger partial charge on any atom is 0.248 e. The second kappa shape index (κ2) is 6.15. The van der Waals surface area contributed by atoms with E-state index in [9.17, 15) is 9.18 Å². The van der Waals surface area contributed by atoms with Gasteiger partial charge in [-0.15, -0.1) is 0 Å². The zero-order valence-electron chi connectivity index (χ0n) is 11.3. The molecule has 2 atom stereocenters. The van der Waals surface area contributed by atoms with Crippen molar-refractivity contribution in [3.05, 3.63) is 35.1 Å². The summed E-state index contributed by atoms with van der Waals surface area (Å²) < 4.78 is 13.6. The van der Waals surface area contributed by atoms with Crippen molar-refractivity contribution in [2.45, 2.75) is 32.7 Å². The van der Waals surface area contributed by atoms with Gasteiger partial charge in [0.1, 0.15) is 5.82 Å². The molecule has 0 radical (unpaired) electrons. The summed E-state index contributed by atoms with van der Waals surface area (Å²) in [7, 11) is 0. The highest BCUT2D eigenvalue weighted by Gasteiger charge is 2.22. The maximum atomic E-state index is 13.6. The summed E-state index contributed by atoms with van der Waals surface area (Å²) in [5.74, 6) is 0.610. The molecule has 3 N–H and O–H groups in total. The predicted molar refractivity (Wildman–Crippen MR) is 73.1 cm³/mol. The molecule has 1 fully saturated rings. The number of nitrogens with one attached hydrogen (secondary N) is 1. The molecule has 2 unspecified atom stereocenters. The second-order valence-electron chi connectivity index (χ2n) is 5.47. The van der Waals surface area contributed by atoms with Gasteiger partial charge in [0.2, 0.25) is 5.91 Å². The summed E-state index contributed by atoms with van der Waals surface area (Å²) in [6.07, 6.45) is 3.83. The third kappa shape index (κ3) is 3.53. The average molecular weight is 264 g/mol. The first-order valence-electron chi connectivity index (χ1n) is 6.87. The number of benzene rings is 1. The lowest BCUT2D eigenvalue weighted by atomic mass is 9.98. The molecular formula is C15H21FN2O. The van der Waals surface area contributed by atoms with Gasteiger partial charge in [0.15, 0.2) is 0 Å². The minimum atomic E-state index is -0.523. The minimum absolute atomic E-state index is 0.294. The highest BCUT2D eigenvalue weighted by Crippen LogP contribution is 2.30. The number of carbonyl (C=O) groups excluding carboxylic acids is 1. The van der Waals surface area contributed by atoms with E-state index in [1.165, 1.54) is 37.5 Å². The van der Waals surface area contributed by atoms with Crippen LogP contribution in [0.1, 0.15) is 42.1 Å². The van der Waals surface area contributed by atoms with E-state index in [1.54, 1.807) is 0 Å². The van der Waals surface area contributed by atoms with E-state index in [0.29, 0.717) is 23.6 Å². The van der Waals surface area contributed by atoms with Crippen molar-refractivity contribution in [1.29, 1.82) is 0 Å². The van der Waals surface area contributed by atoms with Crippen LogP contribution in [0, 0.1) is 17.7 Å². The lowest BCUT2D eigenvalue weighted by Gasteiger charge is -2.16. The largest absolute Gasteiger partial charge is 0.366 e. The Morgan fingerprint density at radius 1 is 1.47 bits per heavy atom. The van der Waals surface area contributed by atoms with Crippen LogP contribution in [0.25, 0.3) is 0 Å². The first-order valence-corrected chi connectivity index (χ1v) is 6.87. The number of nitrogens with two attached hydrogens (primary N) is 1. The minimum Gasteiger partial charge on any atom is -0.366 e. The molecule has 1 amide bonds. The standard InChI is InChI=1S/C15H21FN2O/c1-10-3-2-4-12(10)8-18-9-13-7-11(15(17)19)5-6-14(13)16/h5-7,10,12,18H,2-4,8-9H2,1H3,(H2,17,19). The maximum absolute atomic E-state index is 13.6. The molecule has 1 aromatic carbocycles. The molecule has 0 aromatic heterocycles. The normalized spacial score (nSPS) is 22.6. The smallest absolute Gasteiger partial charge is 0.248 e. The second-order valence-corrected chi connectivity index (χ2v) is 5.47. The van der Waals surface area contributed by atoms with Crippen LogP contribution in [0.3, 0.4) is 0 Å². The SMILES string of the molecule is CC1CCCC1CNCc1cc(C(N)=O)ccc1F. The molecule has 2 rings (SSSR count). The lowest BCUT2D eigenvalue weighted by Crippen LogP contribution is -2.24. The highest BCUT2D eigenvalue weighted by atomic mass is 19.1. The number of amides is 1. The van der Waals surface area contributed by atoms with Crippen LogP contribution >= 0.6 is 0 Å². The molecule has 0 saturated heterocycles. The van der Waals surface area contributed by atoms with Crippen molar-refractivity contribution < 1.29 is 9.18 Å². The first-order chi connectivity index (χ1) is 9.08. The van der Waals surface area contributed by atoms with Crippen LogP contribution in [0.15, 0.2) is 18.2 Å². The van der Waals surface area contributed by atoms with E-state index >= 15 is 0 Å². The Labute approximate surface area is 113 Å². The van der Waals surface area contributed by atoms with Crippen molar-refractivity contribution >= 4 is 5.91 Å². The fourth-order valence-electron chi connectivity index (χ4n) is 2.78. The van der Waals surface area contributed by atoms with Crippen molar-refractivity contribution in [1.82, 2.24) is 5.32 Å². The van der Waals surface area contributed by atoms with Gasteiger partial charge in [0.05, 0.1) is 0 Å². The fourth-order valence-corrected chi connectivity index (χ4v) is 2.78. The van der Waals surface area contributed by atoms with Crippen LogP contribution in [-0.2, 0) is 6.54 Å². The van der Waals surface area contributed by atoms with E-state index in [0.717, 1.165) is 12.5 Å². The number of hydrogen-bond acceptors (Lipinski definition) is 2. The summed E-state index contributed by atoms with van der Waals surface area (Å²) in [6.45, 7) is 3.62. The van der Waals surface area contributed by atoms with Gasteiger partial charge in [0.25, 0.3) is 0 Å². The van der Waals surface area contributed by atoms with Crippen LogP contribution in [0.2, 0.25) is 0 Å². The van der Waals surface area contributed by atoms with E-state index in [2.05, 4.69) is 12.2 Å². The summed E-state index contributed by atoms with van der Waals surface area (Å²) in [5.41, 5.74) is 6.05. The third-order valence-corrected chi connectivity index (χ3v) is 4.09. The fraction of sp³-hybridized carbons (Fsp3) is 0.533. The van der Waals surface area contributed by atoms with E-state index < -0.39 is 5.91 Å². The molecule has 0 spiro atoms. The van der Waals surface area contributed by atoms with E-state index in [-0.39, 0.29) is 5.82 Å². The summed E-state index contributed by atoms with van der Waals surface area (Å²) in [5, 5.41) is 3.29. The molecule has 1 aliphatic carbocycles. The van der Waals surface area contributed by atoms with Gasteiger partial charge in [-0.25, -0.2) is 4.39 Å². The molecule has 104 valence electrons. The summed E-state index contributed by atoms with van der Waals surface area (Å²) in [6, 6.07) is 4.25. The van der Waals surface area contributed by atoms with Crippen molar-refractivity contribution in [3.8, 4) is 0 Å². The Balaban J connectivity index is 1.91. The number of carbonyl (C=O) groups is 1. The molecule has 0 aliphatic heterocycles. The lowest BCUT2D eigenvalue weighted by molar-refractivity contribution is 0.1000. The van der Waals surface area contributed by atoms with Crippen molar-refractivity contribution in [2.24, 2.45) is 17.6 Å². The van der Waals surface area contributed by atoms with E-state index in [1.807, 2.05) is 0 Å². The molecule has 1 saturated carbocycles. The Kier molecular flexibility index (Phi) is 4.53. The van der Waals surface area contributed by atoms with Crippen molar-refractivity contribution in [2.75, 3.05) is 6.54 Å². The number of hydrogen-bond donors (Lipinski definition) is 2. The van der Waals surface area contributed by atoms with Crippen LogP contribution in [-0.4, -0.2) is 12.5 Å².